The molecule has 4 heteroatoms. The molecule has 0 aliphatic carbocycles. The van der Waals surface area contributed by atoms with Gasteiger partial charge >= 0.3 is 0 Å². The highest BCUT2D eigenvalue weighted by molar-refractivity contribution is 7.80. The highest BCUT2D eigenvalue weighted by Crippen LogP contribution is 2.10. The first kappa shape index (κ1) is 11.7. The van der Waals surface area contributed by atoms with Gasteiger partial charge in [0.1, 0.15) is 0 Å². The highest BCUT2D eigenvalue weighted by Gasteiger charge is 2.23. The summed E-state index contributed by atoms with van der Waals surface area (Å²) in [5, 5.41) is 4.15. The summed E-state index contributed by atoms with van der Waals surface area (Å²) < 4.78 is 5.43. The van der Waals surface area contributed by atoms with Gasteiger partial charge < -0.3 is 15.0 Å². The van der Waals surface area contributed by atoms with Crippen LogP contribution in [-0.4, -0.2) is 41.9 Å². The maximum Gasteiger partial charge on any atom is 0.169 e. The lowest BCUT2D eigenvalue weighted by molar-refractivity contribution is 0.0246. The molecule has 0 radical (unpaired) electrons. The summed E-state index contributed by atoms with van der Waals surface area (Å²) in [6.45, 7) is 8.88. The molecular weight excluding hydrogens is 196 g/mol. The van der Waals surface area contributed by atoms with E-state index in [0.717, 1.165) is 31.3 Å². The molecule has 1 atom stereocenters. The van der Waals surface area contributed by atoms with Gasteiger partial charge in [0.15, 0.2) is 5.11 Å². The Bertz CT molecular complexity index is 197. The Hall–Kier alpha value is -0.350. The summed E-state index contributed by atoms with van der Waals surface area (Å²) in [6.07, 6.45) is 1.08. The molecule has 1 heterocycles. The molecule has 1 aliphatic heterocycles. The van der Waals surface area contributed by atoms with E-state index >= 15 is 0 Å². The summed E-state index contributed by atoms with van der Waals surface area (Å²) in [4.78, 5) is 2.25. The molecule has 0 bridgehead atoms. The molecule has 1 fully saturated rings. The number of hydrogen-bond donors (Lipinski definition) is 1. The number of nitrogens with one attached hydrogen (secondary N) is 1. The van der Waals surface area contributed by atoms with Crippen LogP contribution in [0.25, 0.3) is 0 Å². The lowest BCUT2D eigenvalue weighted by Crippen LogP contribution is -2.53. The molecule has 0 amide bonds. The third-order valence-corrected chi connectivity index (χ3v) is 2.72. The third kappa shape index (κ3) is 3.10. The lowest BCUT2D eigenvalue weighted by atomic mass is 10.2. The molecule has 0 aromatic carbocycles. The van der Waals surface area contributed by atoms with E-state index in [9.17, 15) is 0 Å². The van der Waals surface area contributed by atoms with Gasteiger partial charge in [0, 0.05) is 12.6 Å². The Labute approximate surface area is 91.8 Å². The minimum Gasteiger partial charge on any atom is -0.377 e. The first-order valence-corrected chi connectivity index (χ1v) is 5.70. The van der Waals surface area contributed by atoms with Crippen LogP contribution in [0.5, 0.6) is 0 Å². The quantitative estimate of drug-likeness (QED) is 0.705. The predicted octanol–water partition coefficient (Wildman–Crippen LogP) is 1.38. The summed E-state index contributed by atoms with van der Waals surface area (Å²) in [6, 6.07) is 0.852. The lowest BCUT2D eigenvalue weighted by Gasteiger charge is -2.37. The zero-order valence-electron chi connectivity index (χ0n) is 9.25. The van der Waals surface area contributed by atoms with Gasteiger partial charge in [0.2, 0.25) is 0 Å². The van der Waals surface area contributed by atoms with Crippen molar-refractivity contribution in [3.8, 4) is 0 Å². The SMILES string of the molecule is CCC1COCCN1C(=S)NC(C)C. The van der Waals surface area contributed by atoms with Crippen LogP contribution in [0.15, 0.2) is 0 Å². The smallest absolute Gasteiger partial charge is 0.169 e. The first-order chi connectivity index (χ1) is 6.65. The second-order valence-corrected chi connectivity index (χ2v) is 4.32. The molecule has 1 unspecified atom stereocenters. The average molecular weight is 216 g/mol. The van der Waals surface area contributed by atoms with E-state index in [1.807, 2.05) is 0 Å². The topological polar surface area (TPSA) is 24.5 Å². The van der Waals surface area contributed by atoms with E-state index in [4.69, 9.17) is 17.0 Å². The fourth-order valence-corrected chi connectivity index (χ4v) is 2.07. The Morgan fingerprint density at radius 1 is 1.64 bits per heavy atom. The van der Waals surface area contributed by atoms with Gasteiger partial charge in [-0.25, -0.2) is 0 Å². The van der Waals surface area contributed by atoms with E-state index < -0.39 is 0 Å². The van der Waals surface area contributed by atoms with Crippen molar-refractivity contribution in [3.05, 3.63) is 0 Å². The molecule has 1 rings (SSSR count). The van der Waals surface area contributed by atoms with Gasteiger partial charge in [-0.2, -0.15) is 0 Å². The van der Waals surface area contributed by atoms with Gasteiger partial charge in [-0.3, -0.25) is 0 Å². The number of morpholine rings is 1. The zero-order chi connectivity index (χ0) is 10.6. The standard InChI is InChI=1S/C10H20N2OS/c1-4-9-7-13-6-5-12(9)10(14)11-8(2)3/h8-9H,4-7H2,1-3H3,(H,11,14). The maximum absolute atomic E-state index is 5.43. The van der Waals surface area contributed by atoms with Gasteiger partial charge in [-0.05, 0) is 32.5 Å². The zero-order valence-corrected chi connectivity index (χ0v) is 10.1. The minimum atomic E-state index is 0.405. The molecular formula is C10H20N2OS. The molecule has 14 heavy (non-hydrogen) atoms. The normalized spacial score (nSPS) is 22.6. The molecule has 0 saturated carbocycles. The van der Waals surface area contributed by atoms with Crippen LogP contribution in [0.2, 0.25) is 0 Å². The largest absolute Gasteiger partial charge is 0.377 e. The Morgan fingerprint density at radius 3 is 2.93 bits per heavy atom. The summed E-state index contributed by atoms with van der Waals surface area (Å²) >= 11 is 5.35. The van der Waals surface area contributed by atoms with Crippen molar-refractivity contribution in [3.63, 3.8) is 0 Å². The molecule has 1 N–H and O–H groups in total. The van der Waals surface area contributed by atoms with Crippen molar-refractivity contribution in [2.45, 2.75) is 39.3 Å². The van der Waals surface area contributed by atoms with Crippen molar-refractivity contribution in [2.75, 3.05) is 19.8 Å². The highest BCUT2D eigenvalue weighted by atomic mass is 32.1. The Kier molecular flexibility index (Phi) is 4.62. The number of ether oxygens (including phenoxy) is 1. The van der Waals surface area contributed by atoms with Crippen LogP contribution >= 0.6 is 12.2 Å². The van der Waals surface area contributed by atoms with E-state index in [1.165, 1.54) is 0 Å². The molecule has 0 aromatic rings. The van der Waals surface area contributed by atoms with E-state index in [-0.39, 0.29) is 0 Å². The minimum absolute atomic E-state index is 0.405. The van der Waals surface area contributed by atoms with Crippen LogP contribution in [0.1, 0.15) is 27.2 Å². The van der Waals surface area contributed by atoms with E-state index in [1.54, 1.807) is 0 Å². The predicted molar refractivity (Wildman–Crippen MR) is 62.5 cm³/mol. The average Bonchev–Trinajstić information content (AvgIpc) is 2.16. The molecule has 0 spiro atoms. The second kappa shape index (κ2) is 5.51. The van der Waals surface area contributed by atoms with Crippen molar-refractivity contribution in [1.82, 2.24) is 10.2 Å². The van der Waals surface area contributed by atoms with Gasteiger partial charge in [0.25, 0.3) is 0 Å². The van der Waals surface area contributed by atoms with Gasteiger partial charge in [-0.15, -0.1) is 0 Å². The van der Waals surface area contributed by atoms with Crippen molar-refractivity contribution in [1.29, 1.82) is 0 Å². The number of rotatable bonds is 2. The van der Waals surface area contributed by atoms with Gasteiger partial charge in [-0.1, -0.05) is 6.92 Å². The van der Waals surface area contributed by atoms with Crippen LogP contribution in [0, 0.1) is 0 Å². The molecule has 0 aromatic heterocycles. The maximum atomic E-state index is 5.43. The number of hydrogen-bond acceptors (Lipinski definition) is 2. The third-order valence-electron chi connectivity index (χ3n) is 2.37. The fourth-order valence-electron chi connectivity index (χ4n) is 1.59. The summed E-state index contributed by atoms with van der Waals surface area (Å²) in [5.74, 6) is 0. The summed E-state index contributed by atoms with van der Waals surface area (Å²) in [5.41, 5.74) is 0. The Balaban J connectivity index is 2.50. The van der Waals surface area contributed by atoms with E-state index in [2.05, 4.69) is 31.0 Å². The molecule has 1 aliphatic rings. The van der Waals surface area contributed by atoms with Crippen molar-refractivity contribution >= 4 is 17.3 Å². The van der Waals surface area contributed by atoms with Gasteiger partial charge in [0.05, 0.1) is 19.3 Å². The summed E-state index contributed by atoms with van der Waals surface area (Å²) in [7, 11) is 0. The fraction of sp³-hybridized carbons (Fsp3) is 0.900. The molecule has 1 saturated heterocycles. The van der Waals surface area contributed by atoms with Crippen LogP contribution in [-0.2, 0) is 4.74 Å². The van der Waals surface area contributed by atoms with Crippen molar-refractivity contribution < 1.29 is 4.74 Å². The number of thiocarbonyl (C=S) groups is 1. The number of nitrogens with zero attached hydrogens (tertiary/aromatic N) is 1. The van der Waals surface area contributed by atoms with Crippen LogP contribution in [0.4, 0.5) is 0 Å². The van der Waals surface area contributed by atoms with Crippen LogP contribution in [0.3, 0.4) is 0 Å². The van der Waals surface area contributed by atoms with E-state index in [0.29, 0.717) is 12.1 Å². The molecule has 82 valence electrons. The van der Waals surface area contributed by atoms with Crippen LogP contribution < -0.4 is 5.32 Å². The molecule has 3 nitrogen and oxygen atoms in total. The monoisotopic (exact) mass is 216 g/mol. The second-order valence-electron chi connectivity index (χ2n) is 3.93. The van der Waals surface area contributed by atoms with Crippen molar-refractivity contribution in [2.24, 2.45) is 0 Å². The Morgan fingerprint density at radius 2 is 2.36 bits per heavy atom. The first-order valence-electron chi connectivity index (χ1n) is 5.30.